The summed E-state index contributed by atoms with van der Waals surface area (Å²) in [6, 6.07) is 7.03. The van der Waals surface area contributed by atoms with Crippen molar-refractivity contribution < 1.29 is 14.7 Å². The molecule has 0 radical (unpaired) electrons. The molecule has 1 N–H and O–H groups in total. The van der Waals surface area contributed by atoms with Gasteiger partial charge in [0.2, 0.25) is 0 Å². The Bertz CT molecular complexity index is 581. The predicted molar refractivity (Wildman–Crippen MR) is 88.5 cm³/mol. The second-order valence-electron chi connectivity index (χ2n) is 6.83. The number of benzene rings is 1. The second kappa shape index (κ2) is 6.58. The van der Waals surface area contributed by atoms with Crippen LogP contribution in [0.3, 0.4) is 0 Å². The third kappa shape index (κ3) is 4.01. The van der Waals surface area contributed by atoms with Gasteiger partial charge in [-0.2, -0.15) is 0 Å². The minimum absolute atomic E-state index is 0.0449. The average Bonchev–Trinajstić information content (AvgIpc) is 2.48. The number of amides is 2. The molecule has 23 heavy (non-hydrogen) atoms. The highest BCUT2D eigenvalue weighted by Crippen LogP contribution is 2.24. The van der Waals surface area contributed by atoms with E-state index in [1.165, 1.54) is 0 Å². The normalized spacial score (nSPS) is 17.8. The van der Waals surface area contributed by atoms with Crippen LogP contribution in [0.4, 0.5) is 4.79 Å². The predicted octanol–water partition coefficient (Wildman–Crippen LogP) is 1.96. The van der Waals surface area contributed by atoms with Crippen LogP contribution < -0.4 is 0 Å². The smallest absolute Gasteiger partial charge is 0.335 e. The van der Waals surface area contributed by atoms with E-state index in [4.69, 9.17) is 5.11 Å². The van der Waals surface area contributed by atoms with Crippen LogP contribution >= 0.6 is 0 Å². The largest absolute Gasteiger partial charge is 0.478 e. The van der Waals surface area contributed by atoms with Gasteiger partial charge in [0.25, 0.3) is 0 Å². The molecule has 1 heterocycles. The summed E-state index contributed by atoms with van der Waals surface area (Å²) in [4.78, 5) is 28.9. The number of urea groups is 1. The van der Waals surface area contributed by atoms with Gasteiger partial charge in [-0.25, -0.2) is 9.59 Å². The lowest BCUT2D eigenvalue weighted by molar-refractivity contribution is 0.0245. The Hall–Kier alpha value is -2.08. The van der Waals surface area contributed by atoms with Crippen LogP contribution in [0.2, 0.25) is 0 Å². The molecule has 1 fully saturated rings. The van der Waals surface area contributed by atoms with E-state index >= 15 is 0 Å². The number of hydrogen-bond acceptors (Lipinski definition) is 3. The molecular weight excluding hydrogens is 294 g/mol. The van der Waals surface area contributed by atoms with Gasteiger partial charge < -0.3 is 14.9 Å². The Morgan fingerprint density at radius 3 is 2.26 bits per heavy atom. The van der Waals surface area contributed by atoms with Gasteiger partial charge in [-0.15, -0.1) is 0 Å². The van der Waals surface area contributed by atoms with Crippen LogP contribution in [-0.4, -0.2) is 71.1 Å². The van der Waals surface area contributed by atoms with Crippen LogP contribution in [0.5, 0.6) is 0 Å². The maximum atomic E-state index is 12.1. The molecule has 1 saturated heterocycles. The molecule has 1 aromatic rings. The summed E-state index contributed by atoms with van der Waals surface area (Å²) in [5.41, 5.74) is 1.25. The molecule has 126 valence electrons. The van der Waals surface area contributed by atoms with Crippen molar-refractivity contribution in [2.75, 3.05) is 33.7 Å². The molecule has 2 amide bonds. The fraction of sp³-hybridized carbons (Fsp3) is 0.529. The summed E-state index contributed by atoms with van der Waals surface area (Å²) in [6.07, 6.45) is 0. The first-order valence-corrected chi connectivity index (χ1v) is 7.74. The van der Waals surface area contributed by atoms with Gasteiger partial charge in [-0.3, -0.25) is 4.90 Å². The molecule has 0 aliphatic carbocycles. The quantitative estimate of drug-likeness (QED) is 0.925. The summed E-state index contributed by atoms with van der Waals surface area (Å²) in [7, 11) is 3.54. The molecule has 0 bridgehead atoms. The van der Waals surface area contributed by atoms with Crippen molar-refractivity contribution in [1.82, 2.24) is 14.7 Å². The summed E-state index contributed by atoms with van der Waals surface area (Å²) in [5, 5.41) is 8.95. The topological polar surface area (TPSA) is 64.1 Å². The third-order valence-corrected chi connectivity index (χ3v) is 4.30. The van der Waals surface area contributed by atoms with E-state index in [2.05, 4.69) is 18.7 Å². The number of piperazine rings is 1. The molecule has 0 spiro atoms. The van der Waals surface area contributed by atoms with Crippen LogP contribution in [-0.2, 0) is 6.54 Å². The van der Waals surface area contributed by atoms with Crippen molar-refractivity contribution in [2.24, 2.45) is 0 Å². The number of carboxylic acid groups (broad SMARTS) is 1. The summed E-state index contributed by atoms with van der Waals surface area (Å²) < 4.78 is 0. The number of carbonyl (C=O) groups is 2. The zero-order valence-corrected chi connectivity index (χ0v) is 14.2. The van der Waals surface area contributed by atoms with E-state index in [1.807, 2.05) is 17.0 Å². The van der Waals surface area contributed by atoms with E-state index in [0.717, 1.165) is 18.7 Å². The number of carbonyl (C=O) groups excluding carboxylic acids is 1. The second-order valence-corrected chi connectivity index (χ2v) is 6.83. The van der Waals surface area contributed by atoms with Crippen molar-refractivity contribution in [2.45, 2.75) is 25.9 Å². The van der Waals surface area contributed by atoms with Crippen LogP contribution in [0, 0.1) is 0 Å². The van der Waals surface area contributed by atoms with Crippen LogP contribution in [0.15, 0.2) is 24.3 Å². The van der Waals surface area contributed by atoms with E-state index < -0.39 is 5.97 Å². The molecule has 6 nitrogen and oxygen atoms in total. The number of hydrogen-bond donors (Lipinski definition) is 1. The summed E-state index contributed by atoms with van der Waals surface area (Å²) >= 11 is 0. The van der Waals surface area contributed by atoms with E-state index in [0.29, 0.717) is 18.7 Å². The monoisotopic (exact) mass is 319 g/mol. The van der Waals surface area contributed by atoms with E-state index in [9.17, 15) is 9.59 Å². The lowest BCUT2D eigenvalue weighted by atomic mass is 9.97. The fourth-order valence-corrected chi connectivity index (χ4v) is 2.90. The van der Waals surface area contributed by atoms with Crippen LogP contribution in [0.25, 0.3) is 0 Å². The first-order valence-electron chi connectivity index (χ1n) is 7.74. The number of aromatic carboxylic acids is 1. The molecule has 1 aliphatic heterocycles. The first kappa shape index (κ1) is 17.3. The Morgan fingerprint density at radius 2 is 1.78 bits per heavy atom. The van der Waals surface area contributed by atoms with Crippen molar-refractivity contribution in [1.29, 1.82) is 0 Å². The van der Waals surface area contributed by atoms with Crippen molar-refractivity contribution in [3.63, 3.8) is 0 Å². The Kier molecular flexibility index (Phi) is 4.94. The highest BCUT2D eigenvalue weighted by molar-refractivity contribution is 5.87. The minimum atomic E-state index is -0.910. The van der Waals surface area contributed by atoms with Crippen molar-refractivity contribution >= 4 is 12.0 Å². The molecule has 0 saturated carbocycles. The molecule has 0 atom stereocenters. The molecule has 2 rings (SSSR count). The van der Waals surface area contributed by atoms with Gasteiger partial charge >= 0.3 is 12.0 Å². The van der Waals surface area contributed by atoms with E-state index in [1.54, 1.807) is 31.1 Å². The van der Waals surface area contributed by atoms with Crippen molar-refractivity contribution in [3.05, 3.63) is 35.4 Å². The van der Waals surface area contributed by atoms with E-state index in [-0.39, 0.29) is 11.6 Å². The zero-order valence-electron chi connectivity index (χ0n) is 14.2. The average molecular weight is 319 g/mol. The Morgan fingerprint density at radius 1 is 1.17 bits per heavy atom. The summed E-state index contributed by atoms with van der Waals surface area (Å²) in [6.45, 7) is 7.19. The maximum absolute atomic E-state index is 12.1. The lowest BCUT2D eigenvalue weighted by Gasteiger charge is -2.47. The SMILES string of the molecule is CN(C)C(=O)N1CCN(Cc2ccc(C(=O)O)cc2)C(C)(C)C1. The Balaban J connectivity index is 2.04. The van der Waals surface area contributed by atoms with Gasteiger partial charge in [-0.1, -0.05) is 12.1 Å². The standard InChI is InChI=1S/C17H25N3O3/c1-17(2)12-19(16(23)18(3)4)9-10-20(17)11-13-5-7-14(8-6-13)15(21)22/h5-8H,9-12H2,1-4H3,(H,21,22). The fourth-order valence-electron chi connectivity index (χ4n) is 2.90. The Labute approximate surface area is 137 Å². The summed E-state index contributed by atoms with van der Waals surface area (Å²) in [5.74, 6) is -0.910. The van der Waals surface area contributed by atoms with Gasteiger partial charge in [0.15, 0.2) is 0 Å². The molecule has 6 heteroatoms. The first-order chi connectivity index (χ1) is 10.7. The van der Waals surface area contributed by atoms with Gasteiger partial charge in [-0.05, 0) is 31.5 Å². The zero-order chi connectivity index (χ0) is 17.2. The highest BCUT2D eigenvalue weighted by atomic mass is 16.4. The molecule has 0 unspecified atom stereocenters. The van der Waals surface area contributed by atoms with Crippen LogP contribution in [0.1, 0.15) is 29.8 Å². The number of rotatable bonds is 3. The highest BCUT2D eigenvalue weighted by Gasteiger charge is 2.35. The molecule has 1 aromatic carbocycles. The minimum Gasteiger partial charge on any atom is -0.478 e. The van der Waals surface area contributed by atoms with Gasteiger partial charge in [0, 0.05) is 45.8 Å². The third-order valence-electron chi connectivity index (χ3n) is 4.30. The maximum Gasteiger partial charge on any atom is 0.335 e. The molecule has 0 aromatic heterocycles. The van der Waals surface area contributed by atoms with Crippen molar-refractivity contribution in [3.8, 4) is 0 Å². The number of carboxylic acids is 1. The van der Waals surface area contributed by atoms with Gasteiger partial charge in [0.1, 0.15) is 0 Å². The lowest BCUT2D eigenvalue weighted by Crippen LogP contribution is -2.61. The number of nitrogens with zero attached hydrogens (tertiary/aromatic N) is 3. The molecule has 1 aliphatic rings. The molecular formula is C17H25N3O3. The van der Waals surface area contributed by atoms with Gasteiger partial charge in [0.05, 0.1) is 5.56 Å².